The first-order valence-electron chi connectivity index (χ1n) is 7.76. The molecule has 0 saturated heterocycles. The molecule has 1 saturated carbocycles. The summed E-state index contributed by atoms with van der Waals surface area (Å²) in [7, 11) is 0. The van der Waals surface area contributed by atoms with Crippen molar-refractivity contribution >= 4 is 17.8 Å². The standard InChI is InChI=1S/C17H26N2O2S/c1-12-6-4-5-7-14(12)17(8-9-17)11-18-16(21)19-13(2)15(10-20)22-3/h4-7,13,15,20H,8-11H2,1-3H3,(H2,18,19,21). The van der Waals surface area contributed by atoms with Crippen LogP contribution in [-0.4, -0.2) is 41.8 Å². The van der Waals surface area contributed by atoms with Gasteiger partial charge in [-0.05, 0) is 44.1 Å². The number of rotatable bonds is 7. The molecule has 0 radical (unpaired) electrons. The molecule has 2 amide bonds. The number of aryl methyl sites for hydroxylation is 1. The van der Waals surface area contributed by atoms with E-state index in [9.17, 15) is 9.90 Å². The van der Waals surface area contributed by atoms with Crippen LogP contribution >= 0.6 is 11.8 Å². The van der Waals surface area contributed by atoms with Crippen LogP contribution in [0.25, 0.3) is 0 Å². The van der Waals surface area contributed by atoms with Gasteiger partial charge in [0.2, 0.25) is 0 Å². The number of thioether (sulfide) groups is 1. The summed E-state index contributed by atoms with van der Waals surface area (Å²) >= 11 is 1.56. The van der Waals surface area contributed by atoms with Gasteiger partial charge < -0.3 is 15.7 Å². The molecule has 0 aliphatic heterocycles. The Morgan fingerprint density at radius 3 is 2.64 bits per heavy atom. The predicted octanol–water partition coefficient (Wildman–Crippen LogP) is 2.44. The monoisotopic (exact) mass is 322 g/mol. The minimum absolute atomic E-state index is 0.0250. The maximum Gasteiger partial charge on any atom is 0.315 e. The fraction of sp³-hybridized carbons (Fsp3) is 0.588. The van der Waals surface area contributed by atoms with Crippen molar-refractivity contribution < 1.29 is 9.90 Å². The van der Waals surface area contributed by atoms with Gasteiger partial charge in [0.05, 0.1) is 6.61 Å². The van der Waals surface area contributed by atoms with Gasteiger partial charge in [0.1, 0.15) is 0 Å². The first kappa shape index (κ1) is 17.2. The molecule has 0 heterocycles. The van der Waals surface area contributed by atoms with Crippen molar-refractivity contribution in [2.45, 2.75) is 43.4 Å². The molecule has 5 heteroatoms. The Hall–Kier alpha value is -1.20. The van der Waals surface area contributed by atoms with Crippen LogP contribution in [0.2, 0.25) is 0 Å². The molecule has 3 N–H and O–H groups in total. The molecule has 1 aliphatic carbocycles. The quantitative estimate of drug-likeness (QED) is 0.722. The topological polar surface area (TPSA) is 61.4 Å². The minimum atomic E-state index is -0.153. The minimum Gasteiger partial charge on any atom is -0.395 e. The van der Waals surface area contributed by atoms with Crippen molar-refractivity contribution in [3.63, 3.8) is 0 Å². The van der Waals surface area contributed by atoms with Gasteiger partial charge >= 0.3 is 6.03 Å². The fourth-order valence-corrected chi connectivity index (χ4v) is 3.52. The van der Waals surface area contributed by atoms with Crippen molar-refractivity contribution in [3.05, 3.63) is 35.4 Å². The second-order valence-corrected chi connectivity index (χ2v) is 7.24. The Bertz CT molecular complexity index is 513. The highest BCUT2D eigenvalue weighted by atomic mass is 32.2. The Kier molecular flexibility index (Phi) is 5.75. The molecule has 1 aromatic rings. The highest BCUT2D eigenvalue weighted by molar-refractivity contribution is 7.99. The summed E-state index contributed by atoms with van der Waals surface area (Å²) in [4.78, 5) is 12.1. The van der Waals surface area contributed by atoms with Gasteiger partial charge in [-0.25, -0.2) is 4.79 Å². The van der Waals surface area contributed by atoms with Crippen molar-refractivity contribution in [3.8, 4) is 0 Å². The molecule has 0 spiro atoms. The molecule has 1 aromatic carbocycles. The van der Waals surface area contributed by atoms with Crippen LogP contribution in [0.5, 0.6) is 0 Å². The van der Waals surface area contributed by atoms with E-state index >= 15 is 0 Å². The Morgan fingerprint density at radius 1 is 1.41 bits per heavy atom. The second-order valence-electron chi connectivity index (χ2n) is 6.17. The van der Waals surface area contributed by atoms with Crippen LogP contribution in [0.3, 0.4) is 0 Å². The molecular weight excluding hydrogens is 296 g/mol. The van der Waals surface area contributed by atoms with E-state index < -0.39 is 0 Å². The molecule has 2 rings (SSSR count). The van der Waals surface area contributed by atoms with Gasteiger partial charge in [0.25, 0.3) is 0 Å². The molecule has 122 valence electrons. The first-order valence-corrected chi connectivity index (χ1v) is 9.05. The molecule has 1 fully saturated rings. The van der Waals surface area contributed by atoms with Crippen LogP contribution < -0.4 is 10.6 Å². The van der Waals surface area contributed by atoms with Gasteiger partial charge in [-0.1, -0.05) is 24.3 Å². The molecular formula is C17H26N2O2S. The summed E-state index contributed by atoms with van der Waals surface area (Å²) in [6, 6.07) is 8.19. The summed E-state index contributed by atoms with van der Waals surface area (Å²) in [5.74, 6) is 0. The Labute approximate surface area is 137 Å². The lowest BCUT2D eigenvalue weighted by Crippen LogP contribution is -2.47. The Balaban J connectivity index is 1.88. The SMILES string of the molecule is CSC(CO)C(C)NC(=O)NCC1(c2ccccc2C)CC1. The molecule has 0 bridgehead atoms. The maximum absolute atomic E-state index is 12.1. The van der Waals surface area contributed by atoms with Gasteiger partial charge in [0, 0.05) is 23.3 Å². The normalized spacial score (nSPS) is 18.4. The van der Waals surface area contributed by atoms with E-state index in [1.54, 1.807) is 11.8 Å². The fourth-order valence-electron chi connectivity index (χ4n) is 2.90. The van der Waals surface area contributed by atoms with E-state index in [1.165, 1.54) is 11.1 Å². The van der Waals surface area contributed by atoms with E-state index in [-0.39, 0.29) is 29.3 Å². The number of amides is 2. The summed E-state index contributed by atoms with van der Waals surface area (Å²) in [6.07, 6.45) is 4.18. The Morgan fingerprint density at radius 2 is 2.09 bits per heavy atom. The summed E-state index contributed by atoms with van der Waals surface area (Å²) in [6.45, 7) is 4.78. The zero-order valence-corrected chi connectivity index (χ0v) is 14.4. The number of aliphatic hydroxyl groups excluding tert-OH is 1. The largest absolute Gasteiger partial charge is 0.395 e. The molecule has 4 nitrogen and oxygen atoms in total. The van der Waals surface area contributed by atoms with Crippen LogP contribution in [0.1, 0.15) is 30.9 Å². The van der Waals surface area contributed by atoms with E-state index in [0.717, 1.165) is 12.8 Å². The number of benzene rings is 1. The van der Waals surface area contributed by atoms with Gasteiger partial charge in [0.15, 0.2) is 0 Å². The predicted molar refractivity (Wildman–Crippen MR) is 92.5 cm³/mol. The van der Waals surface area contributed by atoms with Crippen LogP contribution in [0.15, 0.2) is 24.3 Å². The third-order valence-corrected chi connectivity index (χ3v) is 5.72. The number of hydrogen-bond donors (Lipinski definition) is 3. The third-order valence-electron chi connectivity index (χ3n) is 4.56. The highest BCUT2D eigenvalue weighted by Crippen LogP contribution is 2.48. The average Bonchev–Trinajstić information content (AvgIpc) is 3.28. The molecule has 2 unspecified atom stereocenters. The van der Waals surface area contributed by atoms with E-state index in [0.29, 0.717) is 6.54 Å². The van der Waals surface area contributed by atoms with Crippen LogP contribution in [0.4, 0.5) is 4.79 Å². The number of carbonyl (C=O) groups is 1. The van der Waals surface area contributed by atoms with Crippen molar-refractivity contribution in [1.29, 1.82) is 0 Å². The van der Waals surface area contributed by atoms with Crippen molar-refractivity contribution in [2.24, 2.45) is 0 Å². The summed E-state index contributed by atoms with van der Waals surface area (Å²) < 4.78 is 0. The second kappa shape index (κ2) is 7.38. The van der Waals surface area contributed by atoms with Gasteiger partial charge in [-0.2, -0.15) is 11.8 Å². The zero-order chi connectivity index (χ0) is 16.2. The van der Waals surface area contributed by atoms with Crippen molar-refractivity contribution in [2.75, 3.05) is 19.4 Å². The van der Waals surface area contributed by atoms with Crippen LogP contribution in [0, 0.1) is 6.92 Å². The molecule has 0 aromatic heterocycles. The lowest BCUT2D eigenvalue weighted by molar-refractivity contribution is 0.231. The number of aliphatic hydroxyl groups is 1. The van der Waals surface area contributed by atoms with Gasteiger partial charge in [-0.3, -0.25) is 0 Å². The molecule has 2 atom stereocenters. The molecule has 22 heavy (non-hydrogen) atoms. The summed E-state index contributed by atoms with van der Waals surface area (Å²) in [5, 5.41) is 15.2. The lowest BCUT2D eigenvalue weighted by atomic mass is 9.92. The number of carbonyl (C=O) groups excluding carboxylic acids is 1. The third kappa shape index (κ3) is 3.96. The van der Waals surface area contributed by atoms with E-state index in [4.69, 9.17) is 0 Å². The maximum atomic E-state index is 12.1. The smallest absolute Gasteiger partial charge is 0.315 e. The van der Waals surface area contributed by atoms with Gasteiger partial charge in [-0.15, -0.1) is 0 Å². The number of hydrogen-bond acceptors (Lipinski definition) is 3. The number of urea groups is 1. The van der Waals surface area contributed by atoms with Crippen molar-refractivity contribution in [1.82, 2.24) is 10.6 Å². The number of nitrogens with one attached hydrogen (secondary N) is 2. The average molecular weight is 322 g/mol. The highest BCUT2D eigenvalue weighted by Gasteiger charge is 2.45. The van der Waals surface area contributed by atoms with Crippen LogP contribution in [-0.2, 0) is 5.41 Å². The summed E-state index contributed by atoms with van der Waals surface area (Å²) in [5.41, 5.74) is 2.75. The van der Waals surface area contributed by atoms with E-state index in [1.807, 2.05) is 19.2 Å². The van der Waals surface area contributed by atoms with E-state index in [2.05, 4.69) is 35.8 Å². The molecule has 1 aliphatic rings. The lowest BCUT2D eigenvalue weighted by Gasteiger charge is -2.23. The zero-order valence-electron chi connectivity index (χ0n) is 13.6. The first-order chi connectivity index (χ1) is 10.5.